The van der Waals surface area contributed by atoms with Gasteiger partial charge in [0.25, 0.3) is 0 Å². The average molecular weight is 513 g/mol. The lowest BCUT2D eigenvalue weighted by atomic mass is 9.78. The summed E-state index contributed by atoms with van der Waals surface area (Å²) in [4.78, 5) is 16.0. The van der Waals surface area contributed by atoms with Crippen molar-refractivity contribution in [3.63, 3.8) is 0 Å². The van der Waals surface area contributed by atoms with Crippen molar-refractivity contribution >= 4 is 5.91 Å². The van der Waals surface area contributed by atoms with Crippen molar-refractivity contribution in [2.75, 3.05) is 39.8 Å². The van der Waals surface area contributed by atoms with E-state index >= 15 is 0 Å². The summed E-state index contributed by atoms with van der Waals surface area (Å²) in [5, 5.41) is 12.1. The fourth-order valence-electron chi connectivity index (χ4n) is 7.07. The summed E-state index contributed by atoms with van der Waals surface area (Å²) in [5.41, 5.74) is 15.5. The number of carbonyl (C=O) groups is 1. The van der Waals surface area contributed by atoms with Crippen molar-refractivity contribution in [1.29, 1.82) is 0 Å². The van der Waals surface area contributed by atoms with Crippen molar-refractivity contribution in [2.45, 2.75) is 82.8 Å². The molecule has 4 heterocycles. The zero-order valence-corrected chi connectivity index (χ0v) is 23.0. The minimum absolute atomic E-state index is 0.0259. The molecule has 0 aliphatic carbocycles. The Balaban J connectivity index is 1.30. The quantitative estimate of drug-likeness (QED) is 0.336. The first-order valence-electron chi connectivity index (χ1n) is 14.5. The topological polar surface area (TPSA) is 101 Å². The van der Waals surface area contributed by atoms with Crippen LogP contribution in [0.15, 0.2) is 24.3 Å². The monoisotopic (exact) mass is 512 g/mol. The molecule has 4 aliphatic rings. The smallest absolute Gasteiger partial charge is 0.223 e. The number of nitrogens with zero attached hydrogens (tertiary/aromatic N) is 3. The standard InChI is InChI=1S/C28H48N8O/c1-19(2)35-27-25(17-32-35)24(28(37)30-16-23-9-5-8-22-10-12-31-36(22)23)15-26(33-27)21-7-4-6-20(14-21)18-34(3)13-11-29/h4,6-7,14,19,22-27,31-33H,5,8-13,15-18,29H2,1-3H3,(H,30,37). The Morgan fingerprint density at radius 1 is 1.24 bits per heavy atom. The van der Waals surface area contributed by atoms with Crippen LogP contribution in [0.3, 0.4) is 0 Å². The third kappa shape index (κ3) is 6.03. The molecular formula is C28H48N8O. The molecule has 4 aliphatic heterocycles. The highest BCUT2D eigenvalue weighted by Crippen LogP contribution is 2.38. The number of amides is 1. The molecule has 6 N–H and O–H groups in total. The molecule has 1 aromatic carbocycles. The molecule has 9 heteroatoms. The van der Waals surface area contributed by atoms with Crippen LogP contribution >= 0.6 is 0 Å². The minimum atomic E-state index is -0.0259. The van der Waals surface area contributed by atoms with Gasteiger partial charge in [-0.05, 0) is 57.7 Å². The van der Waals surface area contributed by atoms with Crippen molar-refractivity contribution in [3.05, 3.63) is 35.4 Å². The number of nitrogens with two attached hydrogens (primary N) is 1. The zero-order chi connectivity index (χ0) is 25.9. The first kappa shape index (κ1) is 27.0. The van der Waals surface area contributed by atoms with E-state index in [0.717, 1.165) is 45.6 Å². The van der Waals surface area contributed by atoms with Crippen LogP contribution in [0.1, 0.15) is 63.1 Å². The first-order chi connectivity index (χ1) is 17.9. The van der Waals surface area contributed by atoms with Crippen molar-refractivity contribution in [2.24, 2.45) is 17.6 Å². The van der Waals surface area contributed by atoms with Gasteiger partial charge in [0.1, 0.15) is 0 Å². The molecule has 1 aromatic rings. The van der Waals surface area contributed by atoms with Crippen molar-refractivity contribution in [3.8, 4) is 0 Å². The fourth-order valence-corrected chi connectivity index (χ4v) is 7.07. The normalized spacial score (nSPS) is 32.6. The summed E-state index contributed by atoms with van der Waals surface area (Å²) in [5.74, 6) is 0.442. The van der Waals surface area contributed by atoms with E-state index in [-0.39, 0.29) is 30.0 Å². The van der Waals surface area contributed by atoms with Crippen molar-refractivity contribution in [1.82, 2.24) is 36.4 Å². The van der Waals surface area contributed by atoms with Crippen molar-refractivity contribution < 1.29 is 4.79 Å². The molecule has 206 valence electrons. The first-order valence-corrected chi connectivity index (χ1v) is 14.5. The maximum atomic E-state index is 13.8. The molecule has 5 rings (SSSR count). The Hall–Kier alpha value is -1.59. The van der Waals surface area contributed by atoms with Gasteiger partial charge in [0.05, 0.1) is 6.17 Å². The number of hydrogen-bond acceptors (Lipinski definition) is 8. The Morgan fingerprint density at radius 2 is 2.11 bits per heavy atom. The molecule has 0 saturated carbocycles. The summed E-state index contributed by atoms with van der Waals surface area (Å²) < 4.78 is 0. The summed E-state index contributed by atoms with van der Waals surface area (Å²) in [6, 6.07) is 10.4. The Labute approximate surface area is 222 Å². The van der Waals surface area contributed by atoms with Gasteiger partial charge in [-0.1, -0.05) is 30.7 Å². The maximum Gasteiger partial charge on any atom is 0.223 e. The van der Waals surface area contributed by atoms with Crippen LogP contribution < -0.4 is 27.2 Å². The number of fused-ring (bicyclic) bond motifs is 2. The van der Waals surface area contributed by atoms with Crippen LogP contribution in [0.25, 0.3) is 0 Å². The second kappa shape index (κ2) is 12.1. The SMILES string of the molecule is CC(C)N1NCC2C(C(=O)NCC3CCCC4CCNN43)CC(c3cccc(CN(C)CCN)c3)NC21. The van der Waals surface area contributed by atoms with Gasteiger partial charge in [0.2, 0.25) is 5.91 Å². The van der Waals surface area contributed by atoms with Gasteiger partial charge in [-0.3, -0.25) is 21.0 Å². The van der Waals surface area contributed by atoms with E-state index in [1.807, 2.05) is 0 Å². The summed E-state index contributed by atoms with van der Waals surface area (Å²) in [7, 11) is 2.11. The van der Waals surface area contributed by atoms with E-state index in [0.29, 0.717) is 24.7 Å². The Kier molecular flexibility index (Phi) is 8.81. The van der Waals surface area contributed by atoms with Crippen LogP contribution in [0.2, 0.25) is 0 Å². The molecule has 6 atom stereocenters. The number of nitrogens with one attached hydrogen (secondary N) is 4. The molecule has 6 unspecified atom stereocenters. The highest BCUT2D eigenvalue weighted by atomic mass is 16.2. The highest BCUT2D eigenvalue weighted by Gasteiger charge is 2.48. The van der Waals surface area contributed by atoms with Crippen LogP contribution in [-0.2, 0) is 11.3 Å². The third-order valence-corrected chi connectivity index (χ3v) is 8.95. The highest BCUT2D eigenvalue weighted by molar-refractivity contribution is 5.79. The summed E-state index contributed by atoms with van der Waals surface area (Å²) >= 11 is 0. The molecule has 4 saturated heterocycles. The molecule has 0 bridgehead atoms. The predicted octanol–water partition coefficient (Wildman–Crippen LogP) is 1.15. The van der Waals surface area contributed by atoms with E-state index in [2.05, 4.69) is 81.6 Å². The minimum Gasteiger partial charge on any atom is -0.354 e. The van der Waals surface area contributed by atoms with Gasteiger partial charge in [0, 0.05) is 75.3 Å². The predicted molar refractivity (Wildman–Crippen MR) is 147 cm³/mol. The molecule has 0 radical (unpaired) electrons. The van der Waals surface area contributed by atoms with Crippen LogP contribution in [0, 0.1) is 11.8 Å². The van der Waals surface area contributed by atoms with E-state index in [1.54, 1.807) is 0 Å². The number of benzene rings is 1. The molecular weight excluding hydrogens is 464 g/mol. The van der Waals surface area contributed by atoms with Crippen LogP contribution in [0.5, 0.6) is 0 Å². The lowest BCUT2D eigenvalue weighted by Gasteiger charge is -2.42. The third-order valence-electron chi connectivity index (χ3n) is 8.95. The molecule has 0 aromatic heterocycles. The number of hydrogen-bond donors (Lipinski definition) is 5. The number of carbonyl (C=O) groups excluding carboxylic acids is 1. The maximum absolute atomic E-state index is 13.8. The van der Waals surface area contributed by atoms with Gasteiger partial charge >= 0.3 is 0 Å². The molecule has 37 heavy (non-hydrogen) atoms. The average Bonchev–Trinajstić information content (AvgIpc) is 3.54. The zero-order valence-electron chi connectivity index (χ0n) is 23.0. The van der Waals surface area contributed by atoms with E-state index in [1.165, 1.54) is 30.4 Å². The Morgan fingerprint density at radius 3 is 2.92 bits per heavy atom. The van der Waals surface area contributed by atoms with E-state index in [9.17, 15) is 4.79 Å². The molecule has 1 amide bonds. The number of hydrazine groups is 2. The Bertz CT molecular complexity index is 912. The van der Waals surface area contributed by atoms with Gasteiger partial charge in [-0.2, -0.15) is 0 Å². The largest absolute Gasteiger partial charge is 0.354 e. The number of piperidine rings is 2. The lowest BCUT2D eigenvalue weighted by Crippen LogP contribution is -2.58. The summed E-state index contributed by atoms with van der Waals surface area (Å²) in [6.07, 6.45) is 5.86. The summed E-state index contributed by atoms with van der Waals surface area (Å²) in [6.45, 7) is 9.48. The molecule has 9 nitrogen and oxygen atoms in total. The molecule has 4 fully saturated rings. The molecule has 0 spiro atoms. The second-order valence-corrected chi connectivity index (χ2v) is 11.9. The van der Waals surface area contributed by atoms with Gasteiger partial charge in [-0.25, -0.2) is 10.0 Å². The lowest BCUT2D eigenvalue weighted by molar-refractivity contribution is -0.129. The van der Waals surface area contributed by atoms with Gasteiger partial charge in [0.15, 0.2) is 0 Å². The number of rotatable bonds is 9. The van der Waals surface area contributed by atoms with Gasteiger partial charge < -0.3 is 16.0 Å². The van der Waals surface area contributed by atoms with E-state index in [4.69, 9.17) is 5.73 Å². The van der Waals surface area contributed by atoms with Crippen LogP contribution in [0.4, 0.5) is 0 Å². The number of likely N-dealkylation sites (N-methyl/N-ethyl adjacent to an activating group) is 1. The second-order valence-electron chi connectivity index (χ2n) is 11.9. The van der Waals surface area contributed by atoms with E-state index < -0.39 is 0 Å². The fraction of sp³-hybridized carbons (Fsp3) is 0.750. The van der Waals surface area contributed by atoms with Gasteiger partial charge in [-0.15, -0.1) is 0 Å². The van der Waals surface area contributed by atoms with Crippen LogP contribution in [-0.4, -0.2) is 84.9 Å².